The Balaban J connectivity index is 1.70. The average Bonchev–Trinajstić information content (AvgIpc) is 3.13. The van der Waals surface area contributed by atoms with Crippen LogP contribution in [-0.2, 0) is 10.0 Å². The minimum Gasteiger partial charge on any atom is -0.338 e. The van der Waals surface area contributed by atoms with Gasteiger partial charge in [0, 0.05) is 37.1 Å². The van der Waals surface area contributed by atoms with Crippen LogP contribution in [0.4, 0.5) is 0 Å². The second-order valence-corrected chi connectivity index (χ2v) is 9.59. The summed E-state index contributed by atoms with van der Waals surface area (Å²) in [5, 5.41) is 4.50. The van der Waals surface area contributed by atoms with E-state index in [1.807, 2.05) is 20.8 Å². The number of aromatic nitrogens is 2. The normalized spacial score (nSPS) is 18.1. The van der Waals surface area contributed by atoms with E-state index in [4.69, 9.17) is 27.7 Å². The number of piperazine rings is 1. The van der Waals surface area contributed by atoms with Crippen molar-refractivity contribution in [2.45, 2.75) is 37.6 Å². The third-order valence-electron chi connectivity index (χ3n) is 4.66. The Hall–Kier alpha value is -1.19. The Labute approximate surface area is 169 Å². The summed E-state index contributed by atoms with van der Waals surface area (Å²) >= 11 is 12.0. The van der Waals surface area contributed by atoms with Gasteiger partial charge < -0.3 is 4.52 Å². The highest BCUT2D eigenvalue weighted by Crippen LogP contribution is 2.29. The molecule has 0 amide bonds. The highest BCUT2D eigenvalue weighted by Gasteiger charge is 2.33. The van der Waals surface area contributed by atoms with Crippen molar-refractivity contribution in [2.75, 3.05) is 26.2 Å². The zero-order valence-corrected chi connectivity index (χ0v) is 17.7. The Morgan fingerprint density at radius 3 is 2.37 bits per heavy atom. The van der Waals surface area contributed by atoms with Crippen molar-refractivity contribution in [1.82, 2.24) is 19.3 Å². The molecule has 1 aromatic carbocycles. The molecular weight excluding hydrogens is 411 g/mol. The molecule has 0 unspecified atom stereocenters. The second kappa shape index (κ2) is 8.05. The van der Waals surface area contributed by atoms with Crippen LogP contribution in [0, 0.1) is 0 Å². The molecule has 3 rings (SSSR count). The van der Waals surface area contributed by atoms with Crippen LogP contribution < -0.4 is 0 Å². The number of hydrogen-bond donors (Lipinski definition) is 0. The Morgan fingerprint density at radius 1 is 1.11 bits per heavy atom. The van der Waals surface area contributed by atoms with Gasteiger partial charge in [0.1, 0.15) is 4.90 Å². The molecule has 2 aromatic rings. The molecule has 1 atom stereocenters. The summed E-state index contributed by atoms with van der Waals surface area (Å²) in [4.78, 5) is 6.60. The molecule has 27 heavy (non-hydrogen) atoms. The lowest BCUT2D eigenvalue weighted by Gasteiger charge is -2.36. The van der Waals surface area contributed by atoms with Gasteiger partial charge in [-0.25, -0.2) is 8.42 Å². The van der Waals surface area contributed by atoms with Gasteiger partial charge in [-0.3, -0.25) is 4.90 Å². The van der Waals surface area contributed by atoms with Gasteiger partial charge in [0.05, 0.1) is 11.1 Å². The lowest BCUT2D eigenvalue weighted by atomic mass is 10.2. The molecule has 1 aliphatic heterocycles. The molecule has 0 radical (unpaired) electrons. The average molecular weight is 433 g/mol. The summed E-state index contributed by atoms with van der Waals surface area (Å²) in [6.45, 7) is 7.79. The zero-order valence-electron chi connectivity index (χ0n) is 15.4. The number of benzene rings is 1. The van der Waals surface area contributed by atoms with Crippen LogP contribution in [0.1, 0.15) is 44.4 Å². The van der Waals surface area contributed by atoms with Gasteiger partial charge in [-0.2, -0.15) is 9.29 Å². The van der Waals surface area contributed by atoms with E-state index in [2.05, 4.69) is 15.0 Å². The van der Waals surface area contributed by atoms with Crippen LogP contribution in [0.25, 0.3) is 0 Å². The second-order valence-electron chi connectivity index (χ2n) is 6.84. The summed E-state index contributed by atoms with van der Waals surface area (Å²) in [6.07, 6.45) is 0. The van der Waals surface area contributed by atoms with Gasteiger partial charge in [0.2, 0.25) is 15.9 Å². The molecule has 2 heterocycles. The monoisotopic (exact) mass is 432 g/mol. The van der Waals surface area contributed by atoms with E-state index < -0.39 is 10.0 Å². The van der Waals surface area contributed by atoms with Crippen molar-refractivity contribution in [2.24, 2.45) is 0 Å². The van der Waals surface area contributed by atoms with Gasteiger partial charge >= 0.3 is 0 Å². The fraction of sp³-hybridized carbons (Fsp3) is 0.529. The molecule has 7 nitrogen and oxygen atoms in total. The topological polar surface area (TPSA) is 79.5 Å². The minimum atomic E-state index is -3.70. The number of halogens is 2. The summed E-state index contributed by atoms with van der Waals surface area (Å²) in [5.74, 6) is 1.42. The molecular formula is C17H22Cl2N4O3S. The zero-order chi connectivity index (χ0) is 19.8. The molecule has 1 saturated heterocycles. The van der Waals surface area contributed by atoms with E-state index in [1.165, 1.54) is 16.4 Å². The van der Waals surface area contributed by atoms with E-state index >= 15 is 0 Å². The first-order chi connectivity index (χ1) is 12.7. The molecule has 1 fully saturated rings. The molecule has 1 aromatic heterocycles. The Morgan fingerprint density at radius 2 is 1.78 bits per heavy atom. The molecule has 0 aliphatic carbocycles. The fourth-order valence-corrected chi connectivity index (χ4v) is 5.11. The van der Waals surface area contributed by atoms with Crippen LogP contribution in [0.5, 0.6) is 0 Å². The van der Waals surface area contributed by atoms with E-state index in [1.54, 1.807) is 6.07 Å². The minimum absolute atomic E-state index is 0.0386. The van der Waals surface area contributed by atoms with Crippen molar-refractivity contribution < 1.29 is 12.9 Å². The maximum absolute atomic E-state index is 12.9. The van der Waals surface area contributed by atoms with E-state index in [9.17, 15) is 8.42 Å². The first-order valence-corrected chi connectivity index (χ1v) is 10.9. The Kier molecular flexibility index (Phi) is 6.12. The first kappa shape index (κ1) is 20.5. The van der Waals surface area contributed by atoms with Crippen LogP contribution in [-0.4, -0.2) is 53.9 Å². The largest absolute Gasteiger partial charge is 0.338 e. The van der Waals surface area contributed by atoms with Crippen LogP contribution >= 0.6 is 23.2 Å². The van der Waals surface area contributed by atoms with Crippen molar-refractivity contribution >= 4 is 33.2 Å². The van der Waals surface area contributed by atoms with E-state index in [0.29, 0.717) is 42.9 Å². The molecule has 148 valence electrons. The molecule has 10 heteroatoms. The molecule has 0 saturated carbocycles. The van der Waals surface area contributed by atoms with Gasteiger partial charge in [-0.1, -0.05) is 42.2 Å². The van der Waals surface area contributed by atoms with Crippen LogP contribution in [0.15, 0.2) is 27.6 Å². The van der Waals surface area contributed by atoms with Gasteiger partial charge in [-0.05, 0) is 25.1 Å². The number of hydrogen-bond acceptors (Lipinski definition) is 6. The number of sulfonamides is 1. The highest BCUT2D eigenvalue weighted by atomic mass is 35.5. The maximum Gasteiger partial charge on any atom is 0.244 e. The summed E-state index contributed by atoms with van der Waals surface area (Å²) in [7, 11) is -3.70. The van der Waals surface area contributed by atoms with Crippen molar-refractivity contribution in [1.29, 1.82) is 0 Å². The van der Waals surface area contributed by atoms with Gasteiger partial charge in [0.25, 0.3) is 0 Å². The summed E-state index contributed by atoms with van der Waals surface area (Å²) < 4.78 is 32.6. The first-order valence-electron chi connectivity index (χ1n) is 8.73. The highest BCUT2D eigenvalue weighted by molar-refractivity contribution is 7.89. The number of rotatable bonds is 5. The van der Waals surface area contributed by atoms with Crippen LogP contribution in [0.2, 0.25) is 10.0 Å². The molecule has 0 N–H and O–H groups in total. The quantitative estimate of drug-likeness (QED) is 0.718. The molecule has 0 bridgehead atoms. The summed E-state index contributed by atoms with van der Waals surface area (Å²) in [5.41, 5.74) is 0. The van der Waals surface area contributed by atoms with E-state index in [0.717, 1.165) is 0 Å². The lowest BCUT2D eigenvalue weighted by molar-refractivity contribution is 0.124. The SMILES string of the molecule is CC(C)c1noc([C@H](C)N2CCN(S(=O)(=O)c3cc(Cl)ccc3Cl)CC2)n1. The predicted molar refractivity (Wildman–Crippen MR) is 104 cm³/mol. The van der Waals surface area contributed by atoms with Gasteiger partial charge in [-0.15, -0.1) is 0 Å². The third kappa shape index (κ3) is 4.30. The molecule has 1 aliphatic rings. The maximum atomic E-state index is 12.9. The van der Waals surface area contributed by atoms with Crippen molar-refractivity contribution in [3.63, 3.8) is 0 Å². The fourth-order valence-electron chi connectivity index (χ4n) is 2.95. The predicted octanol–water partition coefficient (Wildman–Crippen LogP) is 3.57. The molecule has 0 spiro atoms. The van der Waals surface area contributed by atoms with Crippen molar-refractivity contribution in [3.8, 4) is 0 Å². The third-order valence-corrected chi connectivity index (χ3v) is 7.28. The Bertz CT molecular complexity index is 909. The van der Waals surface area contributed by atoms with E-state index in [-0.39, 0.29) is 21.9 Å². The van der Waals surface area contributed by atoms with Crippen LogP contribution in [0.3, 0.4) is 0 Å². The number of nitrogens with zero attached hydrogens (tertiary/aromatic N) is 4. The smallest absolute Gasteiger partial charge is 0.244 e. The summed E-state index contributed by atoms with van der Waals surface area (Å²) in [6, 6.07) is 4.37. The lowest BCUT2D eigenvalue weighted by Crippen LogP contribution is -2.49. The standard InChI is InChI=1S/C17H22Cl2N4O3S/c1-11(2)16-20-17(26-21-16)12(3)22-6-8-23(9-7-22)27(24,25)15-10-13(18)4-5-14(15)19/h4-5,10-12H,6-9H2,1-3H3/t12-/m0/s1. The van der Waals surface area contributed by atoms with Crippen molar-refractivity contribution in [3.05, 3.63) is 40.0 Å². The van der Waals surface area contributed by atoms with Gasteiger partial charge in [0.15, 0.2) is 5.82 Å².